The second-order valence-electron chi connectivity index (χ2n) is 3.59. The van der Waals surface area contributed by atoms with E-state index in [2.05, 4.69) is 10.6 Å². The summed E-state index contributed by atoms with van der Waals surface area (Å²) in [5.74, 6) is 0.380. The monoisotopic (exact) mass is 282 g/mol. The van der Waals surface area contributed by atoms with E-state index in [0.29, 0.717) is 28.2 Å². The highest BCUT2D eigenvalue weighted by Crippen LogP contribution is 2.26. The van der Waals surface area contributed by atoms with Crippen molar-refractivity contribution in [3.05, 3.63) is 34.5 Å². The maximum absolute atomic E-state index is 11.5. The molecule has 0 aliphatic carbocycles. The van der Waals surface area contributed by atoms with Crippen molar-refractivity contribution >= 4 is 40.9 Å². The van der Waals surface area contributed by atoms with E-state index in [4.69, 9.17) is 28.6 Å². The maximum Gasteiger partial charge on any atom is 0.273 e. The molecule has 0 aromatic heterocycles. The highest BCUT2D eigenvalue weighted by molar-refractivity contribution is 7.80. The van der Waals surface area contributed by atoms with E-state index >= 15 is 0 Å². The van der Waals surface area contributed by atoms with Gasteiger partial charge in [0.15, 0.2) is 5.11 Å². The number of ether oxygens (including phenoxy) is 1. The summed E-state index contributed by atoms with van der Waals surface area (Å²) in [6.45, 7) is 2.44. The van der Waals surface area contributed by atoms with Gasteiger partial charge in [0, 0.05) is 0 Å². The van der Waals surface area contributed by atoms with Crippen LogP contribution in [0.5, 0.6) is 5.75 Å². The average Bonchev–Trinajstić information content (AvgIpc) is 2.61. The minimum atomic E-state index is -0.245. The molecule has 0 spiro atoms. The number of nitrogens with one attached hydrogen (secondary N) is 2. The van der Waals surface area contributed by atoms with E-state index < -0.39 is 0 Å². The first-order valence-corrected chi connectivity index (χ1v) is 6.15. The summed E-state index contributed by atoms with van der Waals surface area (Å²) in [7, 11) is 0. The van der Waals surface area contributed by atoms with Crippen LogP contribution in [-0.2, 0) is 4.79 Å². The Labute approximate surface area is 115 Å². The van der Waals surface area contributed by atoms with Gasteiger partial charge in [-0.25, -0.2) is 0 Å². The molecule has 1 amide bonds. The normalized spacial score (nSPS) is 16.7. The molecule has 4 nitrogen and oxygen atoms in total. The van der Waals surface area contributed by atoms with Crippen molar-refractivity contribution in [3.8, 4) is 5.75 Å². The quantitative estimate of drug-likeness (QED) is 0.658. The number of rotatable bonds is 3. The lowest BCUT2D eigenvalue weighted by Gasteiger charge is -2.06. The Hall–Kier alpha value is -1.59. The van der Waals surface area contributed by atoms with E-state index in [1.165, 1.54) is 0 Å². The number of carbonyl (C=O) groups excluding carboxylic acids is 1. The second kappa shape index (κ2) is 5.37. The van der Waals surface area contributed by atoms with Crippen LogP contribution in [0.4, 0.5) is 0 Å². The van der Waals surface area contributed by atoms with Crippen LogP contribution >= 0.6 is 23.8 Å². The topological polar surface area (TPSA) is 50.4 Å². The first-order chi connectivity index (χ1) is 8.60. The molecule has 1 heterocycles. The summed E-state index contributed by atoms with van der Waals surface area (Å²) >= 11 is 10.9. The molecule has 1 fully saturated rings. The van der Waals surface area contributed by atoms with Crippen molar-refractivity contribution in [2.75, 3.05) is 6.61 Å². The third-order valence-corrected chi connectivity index (χ3v) is 2.79. The molecule has 18 heavy (non-hydrogen) atoms. The fourth-order valence-electron chi connectivity index (χ4n) is 1.53. The fraction of sp³-hybridized carbons (Fsp3) is 0.167. The van der Waals surface area contributed by atoms with Crippen molar-refractivity contribution in [1.29, 1.82) is 0 Å². The van der Waals surface area contributed by atoms with Crippen LogP contribution in [0, 0.1) is 0 Å². The molecule has 6 heteroatoms. The Morgan fingerprint density at radius 1 is 1.44 bits per heavy atom. The molecule has 1 aromatic rings. The van der Waals surface area contributed by atoms with Crippen molar-refractivity contribution in [2.24, 2.45) is 0 Å². The van der Waals surface area contributed by atoms with Crippen molar-refractivity contribution in [1.82, 2.24) is 10.6 Å². The lowest BCUT2D eigenvalue weighted by Crippen LogP contribution is -2.21. The zero-order chi connectivity index (χ0) is 13.1. The number of thiocarbonyl (C=S) groups is 1. The van der Waals surface area contributed by atoms with Crippen molar-refractivity contribution in [3.63, 3.8) is 0 Å². The molecule has 0 radical (unpaired) electrons. The molecular formula is C12H11ClN2O2S. The molecule has 2 N–H and O–H groups in total. The number of amides is 1. The minimum absolute atomic E-state index is 0.245. The molecule has 0 saturated carbocycles. The van der Waals surface area contributed by atoms with Gasteiger partial charge in [-0.1, -0.05) is 17.7 Å². The van der Waals surface area contributed by atoms with Crippen LogP contribution in [0.2, 0.25) is 5.02 Å². The molecule has 1 aromatic carbocycles. The van der Waals surface area contributed by atoms with Gasteiger partial charge in [0.1, 0.15) is 11.4 Å². The lowest BCUT2D eigenvalue weighted by molar-refractivity contribution is -0.115. The highest BCUT2D eigenvalue weighted by Gasteiger charge is 2.19. The molecule has 1 aliphatic rings. The number of halogens is 1. The van der Waals surface area contributed by atoms with Crippen molar-refractivity contribution in [2.45, 2.75) is 6.92 Å². The fourth-order valence-corrected chi connectivity index (χ4v) is 1.97. The van der Waals surface area contributed by atoms with E-state index in [9.17, 15) is 4.79 Å². The SMILES string of the molecule is CCOc1ccc(C=C2NC(=S)NC2=O)cc1Cl. The molecule has 1 saturated heterocycles. The zero-order valence-corrected chi connectivity index (χ0v) is 11.2. The molecule has 0 bridgehead atoms. The first-order valence-electron chi connectivity index (χ1n) is 5.36. The summed E-state index contributed by atoms with van der Waals surface area (Å²) in [5.41, 5.74) is 1.20. The van der Waals surface area contributed by atoms with Crippen LogP contribution in [-0.4, -0.2) is 17.6 Å². The van der Waals surface area contributed by atoms with Gasteiger partial charge in [-0.05, 0) is 42.9 Å². The molecule has 2 rings (SSSR count). The predicted molar refractivity (Wildman–Crippen MR) is 74.5 cm³/mol. The molecule has 0 atom stereocenters. The highest BCUT2D eigenvalue weighted by atomic mass is 35.5. The molecule has 1 aliphatic heterocycles. The summed E-state index contributed by atoms with van der Waals surface area (Å²) in [5, 5.41) is 6.07. The Balaban J connectivity index is 2.25. The Morgan fingerprint density at radius 2 is 2.22 bits per heavy atom. The number of hydrogen-bond acceptors (Lipinski definition) is 3. The van der Waals surface area contributed by atoms with Crippen LogP contribution in [0.1, 0.15) is 12.5 Å². The van der Waals surface area contributed by atoms with Gasteiger partial charge < -0.3 is 10.1 Å². The second-order valence-corrected chi connectivity index (χ2v) is 4.40. The molecule has 0 unspecified atom stereocenters. The zero-order valence-electron chi connectivity index (χ0n) is 9.62. The largest absolute Gasteiger partial charge is 0.492 e. The number of hydrogen-bond donors (Lipinski definition) is 2. The van der Waals surface area contributed by atoms with Gasteiger partial charge in [-0.15, -0.1) is 0 Å². The predicted octanol–water partition coefficient (Wildman–Crippen LogP) is 2.08. The van der Waals surface area contributed by atoms with E-state index in [1.54, 1.807) is 18.2 Å². The van der Waals surface area contributed by atoms with Gasteiger partial charge in [-0.3, -0.25) is 10.1 Å². The summed E-state index contributed by atoms with van der Waals surface area (Å²) in [4.78, 5) is 11.5. The van der Waals surface area contributed by atoms with E-state index in [1.807, 2.05) is 13.0 Å². The van der Waals surface area contributed by atoms with Gasteiger partial charge in [0.05, 0.1) is 11.6 Å². The molecule has 94 valence electrons. The first kappa shape index (κ1) is 12.9. The summed E-state index contributed by atoms with van der Waals surface area (Å²) in [6.07, 6.45) is 1.68. The van der Waals surface area contributed by atoms with Crippen LogP contribution in [0.15, 0.2) is 23.9 Å². The Kier molecular flexibility index (Phi) is 3.84. The van der Waals surface area contributed by atoms with Gasteiger partial charge >= 0.3 is 0 Å². The lowest BCUT2D eigenvalue weighted by atomic mass is 10.2. The van der Waals surface area contributed by atoms with Gasteiger partial charge in [-0.2, -0.15) is 0 Å². The van der Waals surface area contributed by atoms with Gasteiger partial charge in [0.2, 0.25) is 0 Å². The van der Waals surface area contributed by atoms with Crippen LogP contribution in [0.3, 0.4) is 0 Å². The Morgan fingerprint density at radius 3 is 2.78 bits per heavy atom. The third kappa shape index (κ3) is 2.80. The number of carbonyl (C=O) groups is 1. The Bertz CT molecular complexity index is 543. The molecular weight excluding hydrogens is 272 g/mol. The third-order valence-electron chi connectivity index (χ3n) is 2.29. The smallest absolute Gasteiger partial charge is 0.273 e. The van der Waals surface area contributed by atoms with Crippen LogP contribution < -0.4 is 15.4 Å². The van der Waals surface area contributed by atoms with Gasteiger partial charge in [0.25, 0.3) is 5.91 Å². The maximum atomic E-state index is 11.5. The van der Waals surface area contributed by atoms with E-state index in [0.717, 1.165) is 5.56 Å². The minimum Gasteiger partial charge on any atom is -0.492 e. The average molecular weight is 283 g/mol. The summed E-state index contributed by atoms with van der Waals surface area (Å²) < 4.78 is 5.33. The number of benzene rings is 1. The van der Waals surface area contributed by atoms with Crippen molar-refractivity contribution < 1.29 is 9.53 Å². The standard InChI is InChI=1S/C12H11ClN2O2S/c1-2-17-10-4-3-7(5-8(10)13)6-9-11(16)15-12(18)14-9/h3-6H,2H2,1H3,(H2,14,15,16,18). The van der Waals surface area contributed by atoms with Crippen LogP contribution in [0.25, 0.3) is 6.08 Å². The summed E-state index contributed by atoms with van der Waals surface area (Å²) in [6, 6.07) is 5.32. The van der Waals surface area contributed by atoms with E-state index in [-0.39, 0.29) is 5.91 Å².